The van der Waals surface area contributed by atoms with Gasteiger partial charge >= 0.3 is 5.97 Å². The maximum Gasteiger partial charge on any atom is 0.311 e. The molecular formula is C14H25NO4. The molecule has 1 amide bonds. The van der Waals surface area contributed by atoms with Crippen LogP contribution in [0.15, 0.2) is 0 Å². The zero-order valence-electron chi connectivity index (χ0n) is 12.1. The number of aliphatic carboxylic acids is 1. The fraction of sp³-hybridized carbons (Fsp3) is 0.857. The Bertz CT molecular complexity index is 329. The van der Waals surface area contributed by atoms with Gasteiger partial charge in [0.15, 0.2) is 0 Å². The summed E-state index contributed by atoms with van der Waals surface area (Å²) in [6.07, 6.45) is 2.51. The molecule has 0 saturated carbocycles. The molecule has 1 aliphatic rings. The van der Waals surface area contributed by atoms with Crippen LogP contribution in [0.2, 0.25) is 0 Å². The van der Waals surface area contributed by atoms with Crippen molar-refractivity contribution >= 4 is 11.9 Å². The van der Waals surface area contributed by atoms with Crippen LogP contribution in [0.5, 0.6) is 0 Å². The molecule has 110 valence electrons. The average Bonchev–Trinajstić information content (AvgIpc) is 2.81. The van der Waals surface area contributed by atoms with E-state index in [0.29, 0.717) is 26.1 Å². The number of hydrogen-bond acceptors (Lipinski definition) is 3. The third-order valence-electron chi connectivity index (χ3n) is 4.05. The predicted octanol–water partition coefficient (Wildman–Crippen LogP) is 1.76. The second-order valence-corrected chi connectivity index (χ2v) is 5.59. The predicted molar refractivity (Wildman–Crippen MR) is 71.8 cm³/mol. The topological polar surface area (TPSA) is 66.8 Å². The molecule has 1 N–H and O–H groups in total. The molecule has 1 rings (SSSR count). The first-order valence-electron chi connectivity index (χ1n) is 7.03. The van der Waals surface area contributed by atoms with Gasteiger partial charge in [0.25, 0.3) is 0 Å². The van der Waals surface area contributed by atoms with E-state index in [4.69, 9.17) is 4.74 Å². The van der Waals surface area contributed by atoms with E-state index < -0.39 is 11.4 Å². The highest BCUT2D eigenvalue weighted by molar-refractivity contribution is 5.81. The highest BCUT2D eigenvalue weighted by Gasteiger charge is 2.48. The first-order valence-corrected chi connectivity index (χ1v) is 7.03. The average molecular weight is 271 g/mol. The van der Waals surface area contributed by atoms with Gasteiger partial charge in [-0.15, -0.1) is 0 Å². The van der Waals surface area contributed by atoms with Gasteiger partial charge in [0, 0.05) is 19.7 Å². The second kappa shape index (κ2) is 6.89. The molecule has 1 unspecified atom stereocenters. The van der Waals surface area contributed by atoms with Crippen LogP contribution in [-0.2, 0) is 14.3 Å². The lowest BCUT2D eigenvalue weighted by molar-refractivity contribution is -0.151. The minimum Gasteiger partial charge on any atom is -0.481 e. The molecule has 5 nitrogen and oxygen atoms in total. The van der Waals surface area contributed by atoms with E-state index in [2.05, 4.69) is 6.92 Å². The molecule has 0 aliphatic carbocycles. The van der Waals surface area contributed by atoms with Gasteiger partial charge in [0.2, 0.25) is 5.91 Å². The fourth-order valence-corrected chi connectivity index (χ4v) is 2.44. The highest BCUT2D eigenvalue weighted by Crippen LogP contribution is 2.38. The smallest absolute Gasteiger partial charge is 0.311 e. The molecule has 0 aromatic carbocycles. The van der Waals surface area contributed by atoms with Crippen molar-refractivity contribution in [1.29, 1.82) is 0 Å². The van der Waals surface area contributed by atoms with Crippen LogP contribution >= 0.6 is 0 Å². The molecule has 1 atom stereocenters. The number of unbranched alkanes of at least 4 members (excludes halogenated alkanes) is 1. The van der Waals surface area contributed by atoms with Crippen molar-refractivity contribution in [1.82, 2.24) is 4.90 Å². The van der Waals surface area contributed by atoms with Crippen molar-refractivity contribution < 1.29 is 19.4 Å². The lowest BCUT2D eigenvalue weighted by atomic mass is 9.76. The maximum atomic E-state index is 11.9. The zero-order valence-corrected chi connectivity index (χ0v) is 12.1. The Hall–Kier alpha value is -1.10. The number of carbonyl (C=O) groups is 2. The summed E-state index contributed by atoms with van der Waals surface area (Å²) in [6, 6.07) is 0. The Balaban J connectivity index is 2.50. The molecule has 1 fully saturated rings. The zero-order chi connectivity index (χ0) is 14.5. The summed E-state index contributed by atoms with van der Waals surface area (Å²) in [6.45, 7) is 7.34. The summed E-state index contributed by atoms with van der Waals surface area (Å²) < 4.78 is 5.30. The van der Waals surface area contributed by atoms with Gasteiger partial charge in [-0.2, -0.15) is 0 Å². The van der Waals surface area contributed by atoms with E-state index in [1.54, 1.807) is 4.90 Å². The number of hydrogen-bond donors (Lipinski definition) is 1. The molecular weight excluding hydrogens is 246 g/mol. The molecule has 0 bridgehead atoms. The number of carbonyl (C=O) groups excluding carboxylic acids is 1. The third-order valence-corrected chi connectivity index (χ3v) is 4.05. The Labute approximate surface area is 114 Å². The van der Waals surface area contributed by atoms with Gasteiger partial charge in [-0.05, 0) is 18.8 Å². The molecule has 1 aliphatic heterocycles. The van der Waals surface area contributed by atoms with Crippen LogP contribution in [-0.4, -0.2) is 48.2 Å². The van der Waals surface area contributed by atoms with Crippen LogP contribution in [0.4, 0.5) is 0 Å². The number of rotatable bonds is 7. The number of nitrogens with zero attached hydrogens (tertiary/aromatic N) is 1. The quantitative estimate of drug-likeness (QED) is 0.716. The Morgan fingerprint density at radius 3 is 2.58 bits per heavy atom. The summed E-state index contributed by atoms with van der Waals surface area (Å²) >= 11 is 0. The summed E-state index contributed by atoms with van der Waals surface area (Å²) in [4.78, 5) is 25.0. The SMILES string of the molecule is CCCCOCC(=O)N1CCC(C(=O)O)(C(C)C)C1. The van der Waals surface area contributed by atoms with Crippen LogP contribution in [0.1, 0.15) is 40.0 Å². The normalized spacial score (nSPS) is 23.1. The van der Waals surface area contributed by atoms with E-state index in [1.165, 1.54) is 0 Å². The van der Waals surface area contributed by atoms with Crippen LogP contribution in [0.3, 0.4) is 0 Å². The molecule has 1 saturated heterocycles. The van der Waals surface area contributed by atoms with E-state index >= 15 is 0 Å². The van der Waals surface area contributed by atoms with E-state index in [9.17, 15) is 14.7 Å². The van der Waals surface area contributed by atoms with E-state index in [-0.39, 0.29) is 18.4 Å². The molecule has 0 aromatic heterocycles. The van der Waals surface area contributed by atoms with Gasteiger partial charge in [0.1, 0.15) is 6.61 Å². The van der Waals surface area contributed by atoms with E-state index in [0.717, 1.165) is 12.8 Å². The van der Waals surface area contributed by atoms with Crippen molar-refractivity contribution in [3.05, 3.63) is 0 Å². The number of carboxylic acids is 1. The molecule has 1 heterocycles. The van der Waals surface area contributed by atoms with E-state index in [1.807, 2.05) is 13.8 Å². The number of carboxylic acid groups (broad SMARTS) is 1. The fourth-order valence-electron chi connectivity index (χ4n) is 2.44. The summed E-state index contributed by atoms with van der Waals surface area (Å²) in [5, 5.41) is 9.41. The van der Waals surface area contributed by atoms with Crippen molar-refractivity contribution in [3.63, 3.8) is 0 Å². The van der Waals surface area contributed by atoms with Crippen molar-refractivity contribution in [2.75, 3.05) is 26.3 Å². The number of amides is 1. The van der Waals surface area contributed by atoms with Gasteiger partial charge < -0.3 is 14.7 Å². The Morgan fingerprint density at radius 2 is 2.11 bits per heavy atom. The maximum absolute atomic E-state index is 11.9. The van der Waals surface area contributed by atoms with Crippen LogP contribution in [0.25, 0.3) is 0 Å². The minimum atomic E-state index is -0.801. The summed E-state index contributed by atoms with van der Waals surface area (Å²) in [5.74, 6) is -0.881. The monoisotopic (exact) mass is 271 g/mol. The Morgan fingerprint density at radius 1 is 1.42 bits per heavy atom. The van der Waals surface area contributed by atoms with Crippen molar-refractivity contribution in [2.45, 2.75) is 40.0 Å². The van der Waals surface area contributed by atoms with Crippen molar-refractivity contribution in [2.24, 2.45) is 11.3 Å². The van der Waals surface area contributed by atoms with Gasteiger partial charge in [-0.1, -0.05) is 27.2 Å². The standard InChI is InChI=1S/C14H25NO4/c1-4-5-8-19-9-12(16)15-7-6-14(10-15,11(2)3)13(17)18/h11H,4-10H2,1-3H3,(H,17,18). The summed E-state index contributed by atoms with van der Waals surface area (Å²) in [5.41, 5.74) is -0.793. The van der Waals surface area contributed by atoms with Crippen LogP contribution < -0.4 is 0 Å². The molecule has 0 aromatic rings. The largest absolute Gasteiger partial charge is 0.481 e. The van der Waals surface area contributed by atoms with Gasteiger partial charge in [-0.3, -0.25) is 9.59 Å². The summed E-state index contributed by atoms with van der Waals surface area (Å²) in [7, 11) is 0. The lowest BCUT2D eigenvalue weighted by Crippen LogP contribution is -2.41. The number of likely N-dealkylation sites (tertiary alicyclic amines) is 1. The lowest BCUT2D eigenvalue weighted by Gasteiger charge is -2.28. The molecule has 5 heteroatoms. The van der Waals surface area contributed by atoms with Crippen LogP contribution in [0, 0.1) is 11.3 Å². The van der Waals surface area contributed by atoms with Gasteiger partial charge in [-0.25, -0.2) is 0 Å². The number of ether oxygens (including phenoxy) is 1. The van der Waals surface area contributed by atoms with Gasteiger partial charge in [0.05, 0.1) is 5.41 Å². The first kappa shape index (κ1) is 16.0. The second-order valence-electron chi connectivity index (χ2n) is 5.59. The molecule has 19 heavy (non-hydrogen) atoms. The highest BCUT2D eigenvalue weighted by atomic mass is 16.5. The Kier molecular flexibility index (Phi) is 5.79. The van der Waals surface area contributed by atoms with Crippen molar-refractivity contribution in [3.8, 4) is 0 Å². The molecule has 0 spiro atoms. The first-order chi connectivity index (χ1) is 8.94. The molecule has 0 radical (unpaired) electrons. The minimum absolute atomic E-state index is 0.0174. The third kappa shape index (κ3) is 3.69.